The van der Waals surface area contributed by atoms with E-state index in [1.54, 1.807) is 6.92 Å². The maximum absolute atomic E-state index is 10.7. The van der Waals surface area contributed by atoms with Gasteiger partial charge in [0.25, 0.3) is 5.91 Å². The maximum atomic E-state index is 10.7. The zero-order chi connectivity index (χ0) is 6.85. The summed E-state index contributed by atoms with van der Waals surface area (Å²) < 4.78 is 4.77. The Bertz CT molecular complexity index is 193. The molecule has 0 aliphatic carbocycles. The standard InChI is InChI=1S/C6H7NO2/c1-4-3-9-5(2)7-6(4)8/h3H,2H2,1H3,(H,7,8). The van der Waals surface area contributed by atoms with Gasteiger partial charge in [-0.1, -0.05) is 0 Å². The third kappa shape index (κ3) is 1.10. The summed E-state index contributed by atoms with van der Waals surface area (Å²) >= 11 is 0. The molecule has 1 amide bonds. The van der Waals surface area contributed by atoms with Crippen molar-refractivity contribution in [2.45, 2.75) is 6.92 Å². The molecule has 0 spiro atoms. The van der Waals surface area contributed by atoms with E-state index < -0.39 is 0 Å². The third-order valence-electron chi connectivity index (χ3n) is 0.989. The molecule has 1 aliphatic rings. The molecule has 0 radical (unpaired) electrons. The molecule has 0 atom stereocenters. The van der Waals surface area contributed by atoms with Gasteiger partial charge in [0.05, 0.1) is 0 Å². The minimum Gasteiger partial charge on any atom is -0.449 e. The number of amides is 1. The Hall–Kier alpha value is -1.25. The van der Waals surface area contributed by atoms with Crippen LogP contribution in [0.3, 0.4) is 0 Å². The van der Waals surface area contributed by atoms with Crippen molar-refractivity contribution in [3.05, 3.63) is 24.3 Å². The Morgan fingerprint density at radius 2 is 2.44 bits per heavy atom. The van der Waals surface area contributed by atoms with E-state index >= 15 is 0 Å². The van der Waals surface area contributed by atoms with Gasteiger partial charge in [-0.05, 0) is 13.5 Å². The monoisotopic (exact) mass is 125 g/mol. The summed E-state index contributed by atoms with van der Waals surface area (Å²) in [6.07, 6.45) is 1.38. The van der Waals surface area contributed by atoms with Crippen LogP contribution in [-0.4, -0.2) is 5.91 Å². The van der Waals surface area contributed by atoms with Crippen molar-refractivity contribution in [2.75, 3.05) is 0 Å². The van der Waals surface area contributed by atoms with Gasteiger partial charge in [0, 0.05) is 5.57 Å². The fourth-order valence-electron chi connectivity index (χ4n) is 0.468. The average Bonchev–Trinajstić information content (AvgIpc) is 1.80. The quantitative estimate of drug-likeness (QED) is 0.512. The van der Waals surface area contributed by atoms with Crippen LogP contribution < -0.4 is 5.32 Å². The molecule has 0 aromatic carbocycles. The Balaban J connectivity index is 2.79. The minimum atomic E-state index is -0.147. The van der Waals surface area contributed by atoms with Gasteiger partial charge in [-0.15, -0.1) is 0 Å². The van der Waals surface area contributed by atoms with Crippen molar-refractivity contribution in [1.82, 2.24) is 5.32 Å². The van der Waals surface area contributed by atoms with Crippen molar-refractivity contribution in [2.24, 2.45) is 0 Å². The average molecular weight is 125 g/mol. The summed E-state index contributed by atoms with van der Waals surface area (Å²) in [5, 5.41) is 2.41. The Kier molecular flexibility index (Phi) is 1.26. The molecule has 0 saturated carbocycles. The molecule has 3 nitrogen and oxygen atoms in total. The number of ether oxygens (including phenoxy) is 1. The van der Waals surface area contributed by atoms with E-state index in [-0.39, 0.29) is 11.8 Å². The van der Waals surface area contributed by atoms with Crippen LogP contribution in [0.5, 0.6) is 0 Å². The third-order valence-corrected chi connectivity index (χ3v) is 0.989. The first-order valence-corrected chi connectivity index (χ1v) is 2.54. The van der Waals surface area contributed by atoms with Gasteiger partial charge in [-0.25, -0.2) is 0 Å². The number of hydrogen-bond donors (Lipinski definition) is 1. The molecular weight excluding hydrogens is 118 g/mol. The highest BCUT2D eigenvalue weighted by molar-refractivity contribution is 5.94. The van der Waals surface area contributed by atoms with Crippen LogP contribution in [0.1, 0.15) is 6.92 Å². The number of hydrogen-bond acceptors (Lipinski definition) is 2. The molecule has 1 rings (SSSR count). The zero-order valence-corrected chi connectivity index (χ0v) is 5.10. The maximum Gasteiger partial charge on any atom is 0.256 e. The van der Waals surface area contributed by atoms with Crippen molar-refractivity contribution < 1.29 is 9.53 Å². The van der Waals surface area contributed by atoms with Crippen LogP contribution in [-0.2, 0) is 9.53 Å². The van der Waals surface area contributed by atoms with Gasteiger partial charge in [-0.2, -0.15) is 0 Å². The molecule has 48 valence electrons. The second-order valence-electron chi connectivity index (χ2n) is 1.80. The highest BCUT2D eigenvalue weighted by Gasteiger charge is 2.10. The predicted octanol–water partition coefficient (Wildman–Crippen LogP) is 0.508. The number of carbonyl (C=O) groups is 1. The topological polar surface area (TPSA) is 38.3 Å². The molecule has 1 aliphatic heterocycles. The van der Waals surface area contributed by atoms with Crippen LogP contribution in [0.2, 0.25) is 0 Å². The Morgan fingerprint density at radius 3 is 2.89 bits per heavy atom. The predicted molar refractivity (Wildman–Crippen MR) is 32.1 cm³/mol. The van der Waals surface area contributed by atoms with Gasteiger partial charge in [0.2, 0.25) is 0 Å². The van der Waals surface area contributed by atoms with E-state index in [1.165, 1.54) is 6.26 Å². The van der Waals surface area contributed by atoms with Gasteiger partial charge in [-0.3, -0.25) is 10.1 Å². The smallest absolute Gasteiger partial charge is 0.256 e. The Labute approximate surface area is 53.0 Å². The molecule has 0 fully saturated rings. The minimum absolute atomic E-state index is 0.147. The van der Waals surface area contributed by atoms with E-state index in [1.807, 2.05) is 0 Å². The van der Waals surface area contributed by atoms with Crippen molar-refractivity contribution >= 4 is 5.91 Å². The van der Waals surface area contributed by atoms with E-state index in [0.717, 1.165) is 0 Å². The molecule has 0 aromatic rings. The summed E-state index contributed by atoms with van der Waals surface area (Å²) in [5.41, 5.74) is 0.558. The summed E-state index contributed by atoms with van der Waals surface area (Å²) in [6.45, 7) is 5.07. The van der Waals surface area contributed by atoms with E-state index in [4.69, 9.17) is 4.74 Å². The summed E-state index contributed by atoms with van der Waals surface area (Å²) in [7, 11) is 0. The van der Waals surface area contributed by atoms with Crippen LogP contribution in [0, 0.1) is 0 Å². The lowest BCUT2D eigenvalue weighted by molar-refractivity contribution is -0.118. The molecular formula is C6H7NO2. The fourth-order valence-corrected chi connectivity index (χ4v) is 0.468. The molecule has 0 bridgehead atoms. The van der Waals surface area contributed by atoms with Crippen molar-refractivity contribution in [3.63, 3.8) is 0 Å². The highest BCUT2D eigenvalue weighted by Crippen LogP contribution is 2.03. The second kappa shape index (κ2) is 1.93. The largest absolute Gasteiger partial charge is 0.449 e. The van der Waals surface area contributed by atoms with E-state index in [9.17, 15) is 4.79 Å². The lowest BCUT2D eigenvalue weighted by Gasteiger charge is -2.12. The number of nitrogens with one attached hydrogen (secondary N) is 1. The van der Waals surface area contributed by atoms with Gasteiger partial charge in [0.1, 0.15) is 6.26 Å². The van der Waals surface area contributed by atoms with E-state index in [0.29, 0.717) is 5.57 Å². The van der Waals surface area contributed by atoms with Crippen LogP contribution in [0.25, 0.3) is 0 Å². The SMILES string of the molecule is C=C1NC(=O)C(C)=CO1. The fraction of sp³-hybridized carbons (Fsp3) is 0.167. The molecule has 3 heteroatoms. The first kappa shape index (κ1) is 5.88. The molecule has 9 heavy (non-hydrogen) atoms. The lowest BCUT2D eigenvalue weighted by Crippen LogP contribution is -2.27. The summed E-state index contributed by atoms with van der Waals surface area (Å²) in [4.78, 5) is 10.7. The number of rotatable bonds is 0. The van der Waals surface area contributed by atoms with Crippen LogP contribution >= 0.6 is 0 Å². The van der Waals surface area contributed by atoms with E-state index in [2.05, 4.69) is 11.9 Å². The van der Waals surface area contributed by atoms with Crippen molar-refractivity contribution in [1.29, 1.82) is 0 Å². The molecule has 0 aromatic heterocycles. The first-order chi connectivity index (χ1) is 4.20. The molecule has 0 saturated heterocycles. The number of carbonyl (C=O) groups excluding carboxylic acids is 1. The molecule has 0 unspecified atom stereocenters. The van der Waals surface area contributed by atoms with Crippen LogP contribution in [0.4, 0.5) is 0 Å². The summed E-state index contributed by atoms with van der Waals surface area (Å²) in [6, 6.07) is 0. The molecule has 1 N–H and O–H groups in total. The van der Waals surface area contributed by atoms with Gasteiger partial charge in [0.15, 0.2) is 5.88 Å². The zero-order valence-electron chi connectivity index (χ0n) is 5.10. The highest BCUT2D eigenvalue weighted by atomic mass is 16.5. The first-order valence-electron chi connectivity index (χ1n) is 2.54. The summed E-state index contributed by atoms with van der Waals surface area (Å²) in [5.74, 6) is 0.136. The van der Waals surface area contributed by atoms with Gasteiger partial charge < -0.3 is 4.74 Å². The molecule has 1 heterocycles. The van der Waals surface area contributed by atoms with Crippen LogP contribution in [0.15, 0.2) is 24.3 Å². The normalized spacial score (nSPS) is 18.1. The Morgan fingerprint density at radius 1 is 1.78 bits per heavy atom. The second-order valence-corrected chi connectivity index (χ2v) is 1.80. The lowest BCUT2D eigenvalue weighted by atomic mass is 10.3. The van der Waals surface area contributed by atoms with Crippen molar-refractivity contribution in [3.8, 4) is 0 Å². The van der Waals surface area contributed by atoms with Gasteiger partial charge >= 0.3 is 0 Å².